The molecule has 0 aromatic heterocycles. The van der Waals surface area contributed by atoms with Crippen LogP contribution in [0.1, 0.15) is 11.1 Å². The van der Waals surface area contributed by atoms with Crippen LogP contribution in [0, 0.1) is 0 Å². The summed E-state index contributed by atoms with van der Waals surface area (Å²) >= 11 is 3.43. The van der Waals surface area contributed by atoms with Crippen molar-refractivity contribution in [2.75, 3.05) is 14.1 Å². The molecule has 0 spiro atoms. The lowest BCUT2D eigenvalue weighted by Gasteiger charge is -2.10. The van der Waals surface area contributed by atoms with Gasteiger partial charge in [0.25, 0.3) is 0 Å². The molecule has 0 heterocycles. The Balaban J connectivity index is 2.29. The van der Waals surface area contributed by atoms with Crippen LogP contribution in [0.4, 0.5) is 0 Å². The molecule has 0 radical (unpaired) electrons. The zero-order valence-corrected chi connectivity index (χ0v) is 10.3. The van der Waals surface area contributed by atoms with Crippen LogP contribution in [0.15, 0.2) is 28.2 Å². The van der Waals surface area contributed by atoms with Crippen LogP contribution in [0.3, 0.4) is 0 Å². The number of rotatable bonds is 1. The van der Waals surface area contributed by atoms with Gasteiger partial charge in [0.1, 0.15) is 0 Å². The van der Waals surface area contributed by atoms with Crippen molar-refractivity contribution >= 4 is 27.9 Å². The third kappa shape index (κ3) is 1.97. The molecule has 1 aliphatic carbocycles. The van der Waals surface area contributed by atoms with E-state index in [1.807, 2.05) is 18.2 Å². The Morgan fingerprint density at radius 1 is 1.40 bits per heavy atom. The molecule has 15 heavy (non-hydrogen) atoms. The van der Waals surface area contributed by atoms with Gasteiger partial charge in [-0.1, -0.05) is 22.0 Å². The summed E-state index contributed by atoms with van der Waals surface area (Å²) in [6.07, 6.45) is 2.72. The highest BCUT2D eigenvalue weighted by molar-refractivity contribution is 9.10. The molecule has 1 aromatic rings. The van der Waals surface area contributed by atoms with Crippen LogP contribution in [0.5, 0.6) is 0 Å². The molecule has 1 aliphatic rings. The molecule has 0 saturated heterocycles. The predicted octanol–water partition coefficient (Wildman–Crippen LogP) is 2.48. The van der Waals surface area contributed by atoms with Crippen LogP contribution >= 0.6 is 15.9 Å². The maximum absolute atomic E-state index is 11.7. The van der Waals surface area contributed by atoms with Gasteiger partial charge < -0.3 is 4.90 Å². The van der Waals surface area contributed by atoms with Gasteiger partial charge in [-0.3, -0.25) is 4.79 Å². The van der Waals surface area contributed by atoms with Crippen molar-refractivity contribution in [3.05, 3.63) is 39.4 Å². The van der Waals surface area contributed by atoms with Crippen LogP contribution in [-0.2, 0) is 11.2 Å². The average Bonchev–Trinajstić information content (AvgIpc) is 2.58. The molecule has 0 unspecified atom stereocenters. The first-order valence-corrected chi connectivity index (χ1v) is 5.58. The van der Waals surface area contributed by atoms with E-state index >= 15 is 0 Å². The average molecular weight is 266 g/mol. The summed E-state index contributed by atoms with van der Waals surface area (Å²) in [5.74, 6) is 0.0994. The highest BCUT2D eigenvalue weighted by Crippen LogP contribution is 2.28. The second kappa shape index (κ2) is 3.81. The molecule has 0 fully saturated rings. The van der Waals surface area contributed by atoms with Crippen molar-refractivity contribution in [1.82, 2.24) is 4.90 Å². The third-order valence-electron chi connectivity index (χ3n) is 2.50. The number of hydrogen-bond acceptors (Lipinski definition) is 1. The molecule has 0 atom stereocenters. The van der Waals surface area contributed by atoms with E-state index in [4.69, 9.17) is 0 Å². The van der Waals surface area contributed by atoms with Gasteiger partial charge >= 0.3 is 0 Å². The number of benzene rings is 1. The molecule has 2 rings (SSSR count). The normalized spacial score (nSPS) is 13.4. The van der Waals surface area contributed by atoms with Crippen molar-refractivity contribution < 1.29 is 4.79 Å². The maximum atomic E-state index is 11.7. The lowest BCUT2D eigenvalue weighted by molar-refractivity contribution is -0.124. The molecular weight excluding hydrogens is 254 g/mol. The van der Waals surface area contributed by atoms with E-state index in [0.29, 0.717) is 0 Å². The van der Waals surface area contributed by atoms with Crippen molar-refractivity contribution in [2.45, 2.75) is 6.42 Å². The van der Waals surface area contributed by atoms with E-state index in [0.717, 1.165) is 22.0 Å². The SMILES string of the molecule is CN(C)C(=O)C1=Cc2ccc(Br)cc2C1. The fourth-order valence-electron chi connectivity index (χ4n) is 1.74. The molecule has 78 valence electrons. The van der Waals surface area contributed by atoms with Crippen LogP contribution < -0.4 is 0 Å². The van der Waals surface area contributed by atoms with Crippen molar-refractivity contribution in [2.24, 2.45) is 0 Å². The molecule has 0 bridgehead atoms. The fourth-order valence-corrected chi connectivity index (χ4v) is 2.15. The Hall–Kier alpha value is -1.09. The third-order valence-corrected chi connectivity index (χ3v) is 2.99. The molecule has 2 nitrogen and oxygen atoms in total. The number of likely N-dealkylation sites (N-methyl/N-ethyl adjacent to an activating group) is 1. The van der Waals surface area contributed by atoms with Gasteiger partial charge in [0, 0.05) is 30.6 Å². The van der Waals surface area contributed by atoms with E-state index in [1.54, 1.807) is 19.0 Å². The zero-order valence-electron chi connectivity index (χ0n) is 8.75. The molecule has 1 amide bonds. The summed E-state index contributed by atoms with van der Waals surface area (Å²) in [6.45, 7) is 0. The minimum atomic E-state index is 0.0994. The van der Waals surface area contributed by atoms with Gasteiger partial charge in [-0.15, -0.1) is 0 Å². The minimum absolute atomic E-state index is 0.0994. The van der Waals surface area contributed by atoms with Gasteiger partial charge in [-0.05, 0) is 29.3 Å². The van der Waals surface area contributed by atoms with E-state index < -0.39 is 0 Å². The summed E-state index contributed by atoms with van der Waals surface area (Å²) in [5.41, 5.74) is 3.24. The molecule has 1 aromatic carbocycles. The van der Waals surface area contributed by atoms with Gasteiger partial charge in [-0.25, -0.2) is 0 Å². The van der Waals surface area contributed by atoms with Crippen LogP contribution in [0.25, 0.3) is 6.08 Å². The van der Waals surface area contributed by atoms with Gasteiger partial charge in [0.05, 0.1) is 0 Å². The Labute approximate surface area is 97.7 Å². The minimum Gasteiger partial charge on any atom is -0.345 e. The first-order chi connectivity index (χ1) is 7.08. The van der Waals surface area contributed by atoms with Crippen molar-refractivity contribution in [1.29, 1.82) is 0 Å². The molecule has 0 N–H and O–H groups in total. The summed E-state index contributed by atoms with van der Waals surface area (Å²) in [6, 6.07) is 6.11. The molecule has 0 saturated carbocycles. The summed E-state index contributed by atoms with van der Waals surface area (Å²) in [7, 11) is 3.56. The highest BCUT2D eigenvalue weighted by atomic mass is 79.9. The number of nitrogens with zero attached hydrogens (tertiary/aromatic N) is 1. The van der Waals surface area contributed by atoms with Crippen molar-refractivity contribution in [3.8, 4) is 0 Å². The lowest BCUT2D eigenvalue weighted by Crippen LogP contribution is -2.23. The number of amides is 1. The van der Waals surface area contributed by atoms with E-state index in [2.05, 4.69) is 22.0 Å². The molecular formula is C12H12BrNO. The summed E-state index contributed by atoms with van der Waals surface area (Å²) in [5, 5.41) is 0. The topological polar surface area (TPSA) is 20.3 Å². The van der Waals surface area contributed by atoms with Gasteiger partial charge in [-0.2, -0.15) is 0 Å². The van der Waals surface area contributed by atoms with E-state index in [9.17, 15) is 4.79 Å². The monoisotopic (exact) mass is 265 g/mol. The fraction of sp³-hybridized carbons (Fsp3) is 0.250. The highest BCUT2D eigenvalue weighted by Gasteiger charge is 2.19. The lowest BCUT2D eigenvalue weighted by atomic mass is 10.1. The Bertz CT molecular complexity index is 449. The van der Waals surface area contributed by atoms with E-state index in [-0.39, 0.29) is 5.91 Å². The number of fused-ring (bicyclic) bond motifs is 1. The first kappa shape index (κ1) is 10.4. The summed E-state index contributed by atoms with van der Waals surface area (Å²) < 4.78 is 1.06. The molecule has 3 heteroatoms. The standard InChI is InChI=1S/C12H12BrNO/c1-14(2)12(15)10-5-8-3-4-11(13)7-9(8)6-10/h3-5,7H,6H2,1-2H3. The quantitative estimate of drug-likeness (QED) is 0.764. The van der Waals surface area contributed by atoms with Gasteiger partial charge in [0.15, 0.2) is 0 Å². The zero-order chi connectivity index (χ0) is 11.0. The molecule has 0 aliphatic heterocycles. The van der Waals surface area contributed by atoms with Crippen molar-refractivity contribution in [3.63, 3.8) is 0 Å². The second-order valence-corrected chi connectivity index (χ2v) is 4.80. The first-order valence-electron chi connectivity index (χ1n) is 4.78. The van der Waals surface area contributed by atoms with Gasteiger partial charge in [0.2, 0.25) is 5.91 Å². The Morgan fingerprint density at radius 3 is 2.80 bits per heavy atom. The largest absolute Gasteiger partial charge is 0.345 e. The van der Waals surface area contributed by atoms with E-state index in [1.165, 1.54) is 5.56 Å². The van der Waals surface area contributed by atoms with Crippen LogP contribution in [0.2, 0.25) is 0 Å². The summed E-state index contributed by atoms with van der Waals surface area (Å²) in [4.78, 5) is 13.4. The maximum Gasteiger partial charge on any atom is 0.249 e. The predicted molar refractivity (Wildman–Crippen MR) is 64.5 cm³/mol. The number of carbonyl (C=O) groups excluding carboxylic acids is 1. The Kier molecular flexibility index (Phi) is 2.65. The smallest absolute Gasteiger partial charge is 0.249 e. The Morgan fingerprint density at radius 2 is 2.13 bits per heavy atom. The second-order valence-electron chi connectivity index (χ2n) is 3.89. The van der Waals surface area contributed by atoms with Crippen LogP contribution in [-0.4, -0.2) is 24.9 Å². The number of halogens is 1. The number of carbonyl (C=O) groups is 1. The number of hydrogen-bond donors (Lipinski definition) is 0.